The Morgan fingerprint density at radius 1 is 0.892 bits per heavy atom. The van der Waals surface area contributed by atoms with Gasteiger partial charge in [0.2, 0.25) is 0 Å². The SMILES string of the molecule is CN(CC(=O)O[C@H]1C[C@H](NC(=O)OC(C)(C)C)C[C@@H]1NC(=O)OC(C)(C)C)C(=O)OCc1ccccc1. The Labute approximate surface area is 218 Å². The number of likely N-dealkylation sites (N-methyl/N-ethyl adjacent to an activating group) is 1. The van der Waals surface area contributed by atoms with Gasteiger partial charge in [-0.3, -0.25) is 4.79 Å². The monoisotopic (exact) mass is 521 g/mol. The Morgan fingerprint density at radius 3 is 2.03 bits per heavy atom. The first-order valence-corrected chi connectivity index (χ1v) is 12.2. The first-order valence-electron chi connectivity index (χ1n) is 12.2. The van der Waals surface area contributed by atoms with E-state index in [1.54, 1.807) is 41.5 Å². The van der Waals surface area contributed by atoms with Gasteiger partial charge in [0.25, 0.3) is 0 Å². The second kappa shape index (κ2) is 12.6. The minimum Gasteiger partial charge on any atom is -0.459 e. The van der Waals surface area contributed by atoms with Gasteiger partial charge in [0, 0.05) is 19.5 Å². The molecule has 37 heavy (non-hydrogen) atoms. The van der Waals surface area contributed by atoms with Crippen molar-refractivity contribution in [3.8, 4) is 0 Å². The topological polar surface area (TPSA) is 132 Å². The number of benzene rings is 1. The van der Waals surface area contributed by atoms with Crippen LogP contribution in [-0.4, -0.2) is 72.1 Å². The predicted molar refractivity (Wildman–Crippen MR) is 135 cm³/mol. The van der Waals surface area contributed by atoms with E-state index in [0.29, 0.717) is 6.42 Å². The molecule has 3 atom stereocenters. The van der Waals surface area contributed by atoms with Gasteiger partial charge in [0.05, 0.1) is 6.04 Å². The van der Waals surface area contributed by atoms with Crippen molar-refractivity contribution < 1.29 is 38.1 Å². The number of alkyl carbamates (subject to hydrolysis) is 2. The lowest BCUT2D eigenvalue weighted by Gasteiger charge is -2.25. The lowest BCUT2D eigenvalue weighted by atomic mass is 10.2. The molecule has 0 bridgehead atoms. The van der Waals surface area contributed by atoms with E-state index in [2.05, 4.69) is 10.6 Å². The quantitative estimate of drug-likeness (QED) is 0.410. The number of hydrogen-bond donors (Lipinski definition) is 2. The van der Waals surface area contributed by atoms with Crippen LogP contribution in [0.4, 0.5) is 14.4 Å². The summed E-state index contributed by atoms with van der Waals surface area (Å²) >= 11 is 0. The summed E-state index contributed by atoms with van der Waals surface area (Å²) in [6.45, 7) is 10.2. The van der Waals surface area contributed by atoms with Crippen molar-refractivity contribution in [2.24, 2.45) is 0 Å². The summed E-state index contributed by atoms with van der Waals surface area (Å²) in [5.74, 6) is -0.682. The number of ether oxygens (including phenoxy) is 4. The van der Waals surface area contributed by atoms with Gasteiger partial charge in [-0.1, -0.05) is 30.3 Å². The molecule has 2 rings (SSSR count). The van der Waals surface area contributed by atoms with Crippen molar-refractivity contribution in [3.05, 3.63) is 35.9 Å². The summed E-state index contributed by atoms with van der Waals surface area (Å²) in [7, 11) is 1.42. The van der Waals surface area contributed by atoms with Gasteiger partial charge >= 0.3 is 24.2 Å². The van der Waals surface area contributed by atoms with E-state index in [0.717, 1.165) is 10.5 Å². The minimum atomic E-state index is -0.756. The first-order chi connectivity index (χ1) is 17.1. The lowest BCUT2D eigenvalue weighted by Crippen LogP contribution is -2.45. The van der Waals surface area contributed by atoms with Gasteiger partial charge in [-0.05, 0) is 53.5 Å². The van der Waals surface area contributed by atoms with Gasteiger partial charge < -0.3 is 34.5 Å². The zero-order chi connectivity index (χ0) is 27.8. The highest BCUT2D eigenvalue weighted by atomic mass is 16.6. The molecule has 0 radical (unpaired) electrons. The summed E-state index contributed by atoms with van der Waals surface area (Å²) < 4.78 is 21.5. The Morgan fingerprint density at radius 2 is 1.46 bits per heavy atom. The number of nitrogens with zero attached hydrogens (tertiary/aromatic N) is 1. The molecule has 0 heterocycles. The van der Waals surface area contributed by atoms with Gasteiger partial charge in [-0.25, -0.2) is 14.4 Å². The molecule has 1 aromatic carbocycles. The van der Waals surface area contributed by atoms with Crippen LogP contribution in [-0.2, 0) is 30.3 Å². The molecule has 0 spiro atoms. The molecule has 0 aromatic heterocycles. The Balaban J connectivity index is 1.96. The average molecular weight is 522 g/mol. The molecule has 1 aliphatic carbocycles. The van der Waals surface area contributed by atoms with E-state index >= 15 is 0 Å². The summed E-state index contributed by atoms with van der Waals surface area (Å²) in [6, 6.07) is 8.13. The maximum absolute atomic E-state index is 12.6. The van der Waals surface area contributed by atoms with E-state index in [9.17, 15) is 19.2 Å². The van der Waals surface area contributed by atoms with Crippen LogP contribution in [0.2, 0.25) is 0 Å². The molecule has 1 fully saturated rings. The van der Waals surface area contributed by atoms with Crippen molar-refractivity contribution in [2.45, 2.75) is 90.4 Å². The fourth-order valence-corrected chi connectivity index (χ4v) is 3.63. The number of nitrogens with one attached hydrogen (secondary N) is 2. The summed E-state index contributed by atoms with van der Waals surface area (Å²) in [5, 5.41) is 5.47. The van der Waals surface area contributed by atoms with Crippen LogP contribution in [0.15, 0.2) is 30.3 Å². The summed E-state index contributed by atoms with van der Waals surface area (Å²) in [5.41, 5.74) is -0.578. The molecule has 0 unspecified atom stereocenters. The molecular weight excluding hydrogens is 482 g/mol. The number of esters is 1. The highest BCUT2D eigenvalue weighted by Crippen LogP contribution is 2.25. The van der Waals surface area contributed by atoms with Crippen LogP contribution in [0.3, 0.4) is 0 Å². The van der Waals surface area contributed by atoms with Crippen LogP contribution in [0.1, 0.15) is 59.9 Å². The Bertz CT molecular complexity index is 939. The molecule has 11 heteroatoms. The maximum atomic E-state index is 12.6. The minimum absolute atomic E-state index is 0.0710. The second-order valence-corrected chi connectivity index (χ2v) is 11.0. The van der Waals surface area contributed by atoms with E-state index in [1.165, 1.54) is 7.05 Å². The molecule has 1 aliphatic rings. The maximum Gasteiger partial charge on any atom is 0.410 e. The van der Waals surface area contributed by atoms with Crippen molar-refractivity contribution in [3.63, 3.8) is 0 Å². The smallest absolute Gasteiger partial charge is 0.410 e. The first kappa shape index (κ1) is 29.7. The van der Waals surface area contributed by atoms with Gasteiger partial charge in [-0.2, -0.15) is 0 Å². The normalized spacial score (nSPS) is 19.4. The van der Waals surface area contributed by atoms with Crippen LogP contribution in [0.5, 0.6) is 0 Å². The van der Waals surface area contributed by atoms with Crippen LogP contribution in [0.25, 0.3) is 0 Å². The third kappa shape index (κ3) is 11.4. The molecule has 0 saturated heterocycles. The predicted octanol–water partition coefficient (Wildman–Crippen LogP) is 3.75. The molecule has 0 aliphatic heterocycles. The molecule has 206 valence electrons. The molecule has 3 amide bonds. The summed E-state index contributed by atoms with van der Waals surface area (Å²) in [4.78, 5) is 50.6. The van der Waals surface area contributed by atoms with Crippen LogP contribution >= 0.6 is 0 Å². The molecular formula is C26H39N3O8. The molecule has 2 N–H and O–H groups in total. The van der Waals surface area contributed by atoms with Gasteiger partial charge in [-0.15, -0.1) is 0 Å². The van der Waals surface area contributed by atoms with E-state index in [1.807, 2.05) is 30.3 Å². The van der Waals surface area contributed by atoms with Gasteiger partial charge in [0.1, 0.15) is 30.5 Å². The third-order valence-electron chi connectivity index (χ3n) is 5.09. The van der Waals surface area contributed by atoms with Crippen LogP contribution in [0, 0.1) is 0 Å². The zero-order valence-electron chi connectivity index (χ0n) is 22.7. The molecule has 11 nitrogen and oxygen atoms in total. The van der Waals surface area contributed by atoms with E-state index in [4.69, 9.17) is 18.9 Å². The van der Waals surface area contributed by atoms with E-state index in [-0.39, 0.29) is 19.6 Å². The average Bonchev–Trinajstić information content (AvgIpc) is 3.09. The fraction of sp³-hybridized carbons (Fsp3) is 0.615. The summed E-state index contributed by atoms with van der Waals surface area (Å²) in [6.07, 6.45) is -2.17. The number of hydrogen-bond acceptors (Lipinski definition) is 8. The second-order valence-electron chi connectivity index (χ2n) is 11.0. The fourth-order valence-electron chi connectivity index (χ4n) is 3.63. The number of carbonyl (C=O) groups is 4. The molecule has 1 saturated carbocycles. The van der Waals surface area contributed by atoms with Gasteiger partial charge in [0.15, 0.2) is 0 Å². The third-order valence-corrected chi connectivity index (χ3v) is 5.09. The lowest BCUT2D eigenvalue weighted by molar-refractivity contribution is -0.150. The number of amides is 3. The zero-order valence-corrected chi connectivity index (χ0v) is 22.7. The van der Waals surface area contributed by atoms with Crippen molar-refractivity contribution in [1.82, 2.24) is 15.5 Å². The highest BCUT2D eigenvalue weighted by Gasteiger charge is 2.40. The van der Waals surface area contributed by atoms with Crippen molar-refractivity contribution in [1.29, 1.82) is 0 Å². The molecule has 1 aromatic rings. The van der Waals surface area contributed by atoms with Crippen molar-refractivity contribution in [2.75, 3.05) is 13.6 Å². The largest absolute Gasteiger partial charge is 0.459 e. The van der Waals surface area contributed by atoms with Crippen LogP contribution < -0.4 is 10.6 Å². The Kier molecular flexibility index (Phi) is 10.2. The van der Waals surface area contributed by atoms with Crippen molar-refractivity contribution >= 4 is 24.2 Å². The number of carbonyl (C=O) groups excluding carboxylic acids is 4. The van der Waals surface area contributed by atoms with E-state index < -0.39 is 53.6 Å². The Hall–Kier alpha value is -3.50. The highest BCUT2D eigenvalue weighted by molar-refractivity contribution is 5.78. The number of rotatable bonds is 7. The standard InChI is InChI=1S/C26H39N3O8/c1-25(2,3)36-22(31)27-18-13-19(28-23(32)37-26(4,5)6)20(14-18)35-21(30)15-29(7)24(33)34-16-17-11-9-8-10-12-17/h8-12,18-20H,13-16H2,1-7H3,(H,27,31)(H,28,32)/t18-,19+,20+/m1/s1.